The molecule has 112 valence electrons. The Morgan fingerprint density at radius 2 is 2.00 bits per heavy atom. The van der Waals surface area contributed by atoms with E-state index in [1.54, 1.807) is 19.1 Å². The molecule has 0 fully saturated rings. The number of nitrogens with two attached hydrogens (primary N) is 1. The van der Waals surface area contributed by atoms with E-state index in [1.165, 1.54) is 35.2 Å². The van der Waals surface area contributed by atoms with Crippen molar-refractivity contribution in [3.05, 3.63) is 34.8 Å². The van der Waals surface area contributed by atoms with Crippen LogP contribution >= 0.6 is 23.1 Å². The van der Waals surface area contributed by atoms with Crippen molar-refractivity contribution >= 4 is 39.1 Å². The summed E-state index contributed by atoms with van der Waals surface area (Å²) in [5, 5.41) is 13.8. The molecular weight excluding hydrogens is 332 g/mol. The van der Waals surface area contributed by atoms with Crippen molar-refractivity contribution in [2.24, 2.45) is 5.14 Å². The monoisotopic (exact) mass is 344 g/mol. The van der Waals surface area contributed by atoms with Crippen LogP contribution in [0.15, 0.2) is 38.4 Å². The number of aromatic nitrogens is 1. The number of hydrogen-bond donors (Lipinski definition) is 2. The van der Waals surface area contributed by atoms with Gasteiger partial charge in [0.15, 0.2) is 4.34 Å². The quantitative estimate of drug-likeness (QED) is 0.857. The molecule has 0 bridgehead atoms. The Hall–Kier alpha value is -1.42. The van der Waals surface area contributed by atoms with E-state index in [1.807, 2.05) is 0 Å². The average molecular weight is 344 g/mol. The van der Waals surface area contributed by atoms with Crippen LogP contribution in [0.4, 0.5) is 0 Å². The van der Waals surface area contributed by atoms with Gasteiger partial charge in [-0.3, -0.25) is 4.79 Å². The number of thiazole rings is 1. The van der Waals surface area contributed by atoms with Crippen molar-refractivity contribution in [2.45, 2.75) is 27.5 Å². The normalized spacial score (nSPS) is 11.5. The van der Waals surface area contributed by atoms with E-state index < -0.39 is 16.0 Å². The van der Waals surface area contributed by atoms with Gasteiger partial charge in [0.2, 0.25) is 10.0 Å². The fraction of sp³-hybridized carbons (Fsp3) is 0.167. The van der Waals surface area contributed by atoms with Crippen LogP contribution < -0.4 is 5.14 Å². The predicted octanol–water partition coefficient (Wildman–Crippen LogP) is 1.88. The highest BCUT2D eigenvalue weighted by Gasteiger charge is 2.12. The lowest BCUT2D eigenvalue weighted by atomic mass is 10.3. The van der Waals surface area contributed by atoms with Gasteiger partial charge in [-0.25, -0.2) is 18.5 Å². The van der Waals surface area contributed by atoms with E-state index in [2.05, 4.69) is 4.98 Å². The van der Waals surface area contributed by atoms with Gasteiger partial charge in [-0.05, 0) is 31.2 Å². The number of carboxylic acids is 1. The van der Waals surface area contributed by atoms with Crippen LogP contribution in [0.1, 0.15) is 10.6 Å². The summed E-state index contributed by atoms with van der Waals surface area (Å²) in [7, 11) is -3.70. The first kappa shape index (κ1) is 16.0. The van der Waals surface area contributed by atoms with E-state index in [9.17, 15) is 13.2 Å². The number of nitrogens with zero attached hydrogens (tertiary/aromatic N) is 1. The van der Waals surface area contributed by atoms with E-state index in [4.69, 9.17) is 10.2 Å². The molecule has 21 heavy (non-hydrogen) atoms. The van der Waals surface area contributed by atoms with E-state index >= 15 is 0 Å². The third-order valence-electron chi connectivity index (χ3n) is 2.54. The molecule has 0 aliphatic rings. The largest absolute Gasteiger partial charge is 0.481 e. The molecule has 2 aromatic rings. The molecule has 1 aromatic heterocycles. The van der Waals surface area contributed by atoms with Gasteiger partial charge >= 0.3 is 5.97 Å². The van der Waals surface area contributed by atoms with Crippen molar-refractivity contribution in [1.82, 2.24) is 4.98 Å². The highest BCUT2D eigenvalue weighted by atomic mass is 32.2. The SMILES string of the molecule is Cc1nc(Sc2ccc(S(N)(=O)=O)cc2)sc1CC(=O)O. The summed E-state index contributed by atoms with van der Waals surface area (Å²) in [5.74, 6) is -0.893. The highest BCUT2D eigenvalue weighted by molar-refractivity contribution is 8.01. The second-order valence-corrected chi connectivity index (χ2v) is 8.14. The number of sulfonamides is 1. The fourth-order valence-electron chi connectivity index (χ4n) is 1.54. The second-order valence-electron chi connectivity index (χ2n) is 4.18. The van der Waals surface area contributed by atoms with Gasteiger partial charge in [-0.1, -0.05) is 11.8 Å². The number of benzene rings is 1. The number of hydrogen-bond acceptors (Lipinski definition) is 6. The Kier molecular flexibility index (Phi) is 4.67. The number of aryl methyl sites for hydroxylation is 1. The lowest BCUT2D eigenvalue weighted by Crippen LogP contribution is -2.11. The van der Waals surface area contributed by atoms with Crippen LogP contribution in [0.3, 0.4) is 0 Å². The second kappa shape index (κ2) is 6.14. The summed E-state index contributed by atoms with van der Waals surface area (Å²) in [4.78, 5) is 16.6. The molecule has 0 unspecified atom stereocenters. The van der Waals surface area contributed by atoms with Gasteiger partial charge in [0.1, 0.15) is 0 Å². The highest BCUT2D eigenvalue weighted by Crippen LogP contribution is 2.33. The molecule has 0 spiro atoms. The third kappa shape index (κ3) is 4.27. The minimum atomic E-state index is -3.70. The number of aliphatic carboxylic acids is 1. The van der Waals surface area contributed by atoms with Gasteiger partial charge in [0, 0.05) is 9.77 Å². The molecule has 9 heteroatoms. The maximum Gasteiger partial charge on any atom is 0.308 e. The predicted molar refractivity (Wildman–Crippen MR) is 80.1 cm³/mol. The molecule has 6 nitrogen and oxygen atoms in total. The van der Waals surface area contributed by atoms with Crippen LogP contribution in [-0.2, 0) is 21.2 Å². The lowest BCUT2D eigenvalue weighted by Gasteiger charge is -2.00. The first-order valence-electron chi connectivity index (χ1n) is 5.74. The minimum absolute atomic E-state index is 0.0472. The molecule has 3 N–H and O–H groups in total. The molecule has 1 heterocycles. The number of rotatable bonds is 5. The minimum Gasteiger partial charge on any atom is -0.481 e. The molecule has 0 radical (unpaired) electrons. The number of carbonyl (C=O) groups is 1. The van der Waals surface area contributed by atoms with Crippen molar-refractivity contribution in [3.8, 4) is 0 Å². The summed E-state index contributed by atoms with van der Waals surface area (Å²) in [5.41, 5.74) is 0.700. The molecule has 1 aromatic carbocycles. The molecular formula is C12H12N2O4S3. The van der Waals surface area contributed by atoms with Crippen LogP contribution in [0.25, 0.3) is 0 Å². The van der Waals surface area contributed by atoms with Crippen LogP contribution in [0.2, 0.25) is 0 Å². The van der Waals surface area contributed by atoms with Crippen molar-refractivity contribution in [3.63, 3.8) is 0 Å². The molecule has 0 atom stereocenters. The maximum absolute atomic E-state index is 11.2. The van der Waals surface area contributed by atoms with Gasteiger partial charge in [-0.2, -0.15) is 0 Å². The van der Waals surface area contributed by atoms with Crippen LogP contribution in [0, 0.1) is 6.92 Å². The lowest BCUT2D eigenvalue weighted by molar-refractivity contribution is -0.136. The summed E-state index contributed by atoms with van der Waals surface area (Å²) in [6, 6.07) is 6.13. The molecule has 0 amide bonds. The Balaban J connectivity index is 2.17. The Morgan fingerprint density at radius 1 is 1.38 bits per heavy atom. The van der Waals surface area contributed by atoms with Gasteiger partial charge in [0.05, 0.1) is 17.0 Å². The first-order valence-corrected chi connectivity index (χ1v) is 8.92. The first-order chi connectivity index (χ1) is 9.75. The van der Waals surface area contributed by atoms with Crippen molar-refractivity contribution < 1.29 is 18.3 Å². The van der Waals surface area contributed by atoms with E-state index in [0.717, 1.165) is 4.90 Å². The van der Waals surface area contributed by atoms with Gasteiger partial charge < -0.3 is 5.11 Å². The van der Waals surface area contributed by atoms with Crippen LogP contribution in [0.5, 0.6) is 0 Å². The summed E-state index contributed by atoms with van der Waals surface area (Å²) in [6.45, 7) is 1.77. The number of primary sulfonamides is 1. The van der Waals surface area contributed by atoms with Crippen molar-refractivity contribution in [2.75, 3.05) is 0 Å². The zero-order valence-corrected chi connectivity index (χ0v) is 13.4. The number of carboxylic acid groups (broad SMARTS) is 1. The fourth-order valence-corrected chi connectivity index (χ4v) is 4.26. The third-order valence-corrected chi connectivity index (χ3v) is 5.70. The molecule has 0 aliphatic carbocycles. The topological polar surface area (TPSA) is 110 Å². The standard InChI is InChI=1S/C12H12N2O4S3/c1-7-10(6-11(15)16)20-12(14-7)19-8-2-4-9(5-3-8)21(13,17)18/h2-5H,6H2,1H3,(H,15,16)(H2,13,17,18). The van der Waals surface area contributed by atoms with Gasteiger partial charge in [-0.15, -0.1) is 11.3 Å². The Labute approximate surface area is 130 Å². The summed E-state index contributed by atoms with van der Waals surface area (Å²) in [6.07, 6.45) is -0.0472. The maximum atomic E-state index is 11.2. The molecule has 0 aliphatic heterocycles. The summed E-state index contributed by atoms with van der Waals surface area (Å²) < 4.78 is 23.0. The smallest absolute Gasteiger partial charge is 0.308 e. The zero-order chi connectivity index (χ0) is 15.6. The Bertz CT molecular complexity index is 766. The van der Waals surface area contributed by atoms with E-state index in [-0.39, 0.29) is 11.3 Å². The van der Waals surface area contributed by atoms with Gasteiger partial charge in [0.25, 0.3) is 0 Å². The average Bonchev–Trinajstić information content (AvgIpc) is 2.68. The van der Waals surface area contributed by atoms with Crippen LogP contribution in [-0.4, -0.2) is 24.5 Å². The summed E-state index contributed by atoms with van der Waals surface area (Å²) >= 11 is 2.67. The molecule has 0 saturated heterocycles. The zero-order valence-electron chi connectivity index (χ0n) is 10.9. The van der Waals surface area contributed by atoms with E-state index in [0.29, 0.717) is 14.9 Å². The Morgan fingerprint density at radius 3 is 2.52 bits per heavy atom. The van der Waals surface area contributed by atoms with Crippen molar-refractivity contribution in [1.29, 1.82) is 0 Å². The molecule has 2 rings (SSSR count). The molecule has 0 saturated carbocycles.